The van der Waals surface area contributed by atoms with Crippen molar-refractivity contribution in [1.29, 1.82) is 0 Å². The maximum absolute atomic E-state index is 12.6. The van der Waals surface area contributed by atoms with Crippen LogP contribution < -0.4 is 10.5 Å². The van der Waals surface area contributed by atoms with Crippen molar-refractivity contribution in [3.63, 3.8) is 0 Å². The molecule has 0 saturated heterocycles. The van der Waals surface area contributed by atoms with Crippen molar-refractivity contribution in [2.24, 2.45) is 5.73 Å². The number of benzene rings is 1. The Labute approximate surface area is 127 Å². The lowest BCUT2D eigenvalue weighted by molar-refractivity contribution is 0.0671. The van der Waals surface area contributed by atoms with Crippen LogP contribution in [0.25, 0.3) is 0 Å². The lowest BCUT2D eigenvalue weighted by Crippen LogP contribution is -2.50. The Morgan fingerprint density at radius 1 is 1.38 bits per heavy atom. The predicted octanol–water partition coefficient (Wildman–Crippen LogP) is 2.82. The maximum atomic E-state index is 12.6. The molecule has 21 heavy (non-hydrogen) atoms. The Balaban J connectivity index is 2.07. The molecule has 4 nitrogen and oxygen atoms in total. The minimum Gasteiger partial charge on any atom is -0.494 e. The van der Waals surface area contributed by atoms with Gasteiger partial charge in [0.1, 0.15) is 5.75 Å². The highest BCUT2D eigenvalue weighted by molar-refractivity contribution is 5.94. The molecule has 116 valence electrons. The molecule has 0 aliphatic heterocycles. The molecule has 1 saturated carbocycles. The fraction of sp³-hybridized carbons (Fsp3) is 0.588. The summed E-state index contributed by atoms with van der Waals surface area (Å²) in [5.41, 5.74) is 6.84. The average molecular weight is 290 g/mol. The summed E-state index contributed by atoms with van der Waals surface area (Å²) in [6.45, 7) is 2.73. The highest BCUT2D eigenvalue weighted by Gasteiger charge is 2.28. The number of hydrogen-bond donors (Lipinski definition) is 1. The third-order valence-electron chi connectivity index (χ3n) is 4.15. The van der Waals surface area contributed by atoms with Crippen LogP contribution in [0.5, 0.6) is 5.75 Å². The predicted molar refractivity (Wildman–Crippen MR) is 84.6 cm³/mol. The summed E-state index contributed by atoms with van der Waals surface area (Å²) < 4.78 is 5.60. The molecule has 1 aromatic rings. The lowest BCUT2D eigenvalue weighted by Gasteiger charge is -2.36. The van der Waals surface area contributed by atoms with E-state index < -0.39 is 0 Å². The molecule has 1 fully saturated rings. The lowest BCUT2D eigenvalue weighted by atomic mass is 9.90. The summed E-state index contributed by atoms with van der Waals surface area (Å²) in [6, 6.07) is 7.65. The van der Waals surface area contributed by atoms with Crippen LogP contribution in [0.1, 0.15) is 49.4 Å². The number of nitrogens with two attached hydrogens (primary N) is 1. The topological polar surface area (TPSA) is 55.6 Å². The van der Waals surface area contributed by atoms with Crippen molar-refractivity contribution in [3.05, 3.63) is 29.8 Å². The van der Waals surface area contributed by atoms with Gasteiger partial charge >= 0.3 is 0 Å². The molecule has 0 spiro atoms. The van der Waals surface area contributed by atoms with Gasteiger partial charge in [-0.2, -0.15) is 0 Å². The average Bonchev–Trinajstić information content (AvgIpc) is 2.52. The number of likely N-dealkylation sites (N-methyl/N-ethyl adjacent to an activating group) is 1. The zero-order valence-corrected chi connectivity index (χ0v) is 13.0. The van der Waals surface area contributed by atoms with Gasteiger partial charge in [0.25, 0.3) is 5.91 Å². The van der Waals surface area contributed by atoms with E-state index in [9.17, 15) is 4.79 Å². The molecule has 1 amide bonds. The second-order valence-corrected chi connectivity index (χ2v) is 5.81. The Morgan fingerprint density at radius 2 is 2.14 bits per heavy atom. The van der Waals surface area contributed by atoms with Crippen LogP contribution in [0.3, 0.4) is 0 Å². The van der Waals surface area contributed by atoms with Crippen LogP contribution in [0.4, 0.5) is 0 Å². The minimum absolute atomic E-state index is 0.0271. The zero-order valence-electron chi connectivity index (χ0n) is 13.0. The second-order valence-electron chi connectivity index (χ2n) is 5.81. The molecule has 0 radical (unpaired) electrons. The van der Waals surface area contributed by atoms with Crippen molar-refractivity contribution in [3.8, 4) is 5.75 Å². The van der Waals surface area contributed by atoms with Gasteiger partial charge in [0, 0.05) is 24.7 Å². The van der Waals surface area contributed by atoms with E-state index in [1.807, 2.05) is 36.2 Å². The fourth-order valence-corrected chi connectivity index (χ4v) is 2.91. The molecule has 0 heterocycles. The molecule has 1 aliphatic carbocycles. The second kappa shape index (κ2) is 7.46. The summed E-state index contributed by atoms with van der Waals surface area (Å²) in [4.78, 5) is 14.4. The zero-order chi connectivity index (χ0) is 15.2. The third-order valence-corrected chi connectivity index (χ3v) is 4.15. The van der Waals surface area contributed by atoms with E-state index in [1.165, 1.54) is 6.42 Å². The molecule has 2 unspecified atom stereocenters. The molecule has 1 aromatic carbocycles. The van der Waals surface area contributed by atoms with E-state index in [4.69, 9.17) is 10.5 Å². The molecule has 0 aromatic heterocycles. The SMILES string of the molecule is CCCOc1cccc(C(=O)N(C)C2CCCCC2N)c1. The Bertz CT molecular complexity index is 476. The van der Waals surface area contributed by atoms with E-state index in [1.54, 1.807) is 0 Å². The summed E-state index contributed by atoms with van der Waals surface area (Å²) >= 11 is 0. The first kappa shape index (κ1) is 15.8. The molecule has 1 aliphatic rings. The number of carbonyl (C=O) groups is 1. The standard InChI is InChI=1S/C17H26N2O2/c1-3-11-21-14-8-6-7-13(12-14)17(20)19(2)16-10-5-4-9-15(16)18/h6-8,12,15-16H,3-5,9-11,18H2,1-2H3. The highest BCUT2D eigenvalue weighted by atomic mass is 16.5. The Kier molecular flexibility index (Phi) is 5.62. The third kappa shape index (κ3) is 3.97. The van der Waals surface area contributed by atoms with Gasteiger partial charge < -0.3 is 15.4 Å². The number of nitrogens with zero attached hydrogens (tertiary/aromatic N) is 1. The van der Waals surface area contributed by atoms with E-state index in [0.717, 1.165) is 31.4 Å². The molecule has 2 N–H and O–H groups in total. The van der Waals surface area contributed by atoms with Crippen LogP contribution in [0, 0.1) is 0 Å². The minimum atomic E-state index is 0.0271. The number of hydrogen-bond acceptors (Lipinski definition) is 3. The summed E-state index contributed by atoms with van der Waals surface area (Å²) in [5, 5.41) is 0. The maximum Gasteiger partial charge on any atom is 0.254 e. The fourth-order valence-electron chi connectivity index (χ4n) is 2.91. The van der Waals surface area contributed by atoms with Gasteiger partial charge in [-0.05, 0) is 37.5 Å². The monoisotopic (exact) mass is 290 g/mol. The van der Waals surface area contributed by atoms with E-state index in [-0.39, 0.29) is 18.0 Å². The summed E-state index contributed by atoms with van der Waals surface area (Å²) in [6.07, 6.45) is 5.27. The first-order valence-corrected chi connectivity index (χ1v) is 7.89. The molecule has 2 rings (SSSR count). The van der Waals surface area contributed by atoms with Crippen molar-refractivity contribution in [1.82, 2.24) is 4.90 Å². The first-order valence-electron chi connectivity index (χ1n) is 7.89. The van der Waals surface area contributed by atoms with E-state index in [0.29, 0.717) is 12.2 Å². The largest absolute Gasteiger partial charge is 0.494 e. The summed E-state index contributed by atoms with van der Waals surface area (Å²) in [5.74, 6) is 0.781. The van der Waals surface area contributed by atoms with Crippen molar-refractivity contribution >= 4 is 5.91 Å². The van der Waals surface area contributed by atoms with Crippen molar-refractivity contribution in [2.45, 2.75) is 51.1 Å². The van der Waals surface area contributed by atoms with Gasteiger partial charge in [-0.25, -0.2) is 0 Å². The van der Waals surface area contributed by atoms with Crippen LogP contribution in [-0.4, -0.2) is 36.5 Å². The molecule has 0 bridgehead atoms. The number of carbonyl (C=O) groups excluding carboxylic acids is 1. The van der Waals surface area contributed by atoms with Gasteiger partial charge in [-0.3, -0.25) is 4.79 Å². The first-order chi connectivity index (χ1) is 10.1. The molecule has 2 atom stereocenters. The molecular weight excluding hydrogens is 264 g/mol. The quantitative estimate of drug-likeness (QED) is 0.907. The summed E-state index contributed by atoms with van der Waals surface area (Å²) in [7, 11) is 1.86. The van der Waals surface area contributed by atoms with Crippen molar-refractivity contribution < 1.29 is 9.53 Å². The Hall–Kier alpha value is -1.55. The van der Waals surface area contributed by atoms with Crippen LogP contribution in [0.15, 0.2) is 24.3 Å². The van der Waals surface area contributed by atoms with E-state index in [2.05, 4.69) is 6.92 Å². The van der Waals surface area contributed by atoms with Crippen LogP contribution in [-0.2, 0) is 0 Å². The molecular formula is C17H26N2O2. The number of ether oxygens (including phenoxy) is 1. The highest BCUT2D eigenvalue weighted by Crippen LogP contribution is 2.23. The molecule has 4 heteroatoms. The van der Waals surface area contributed by atoms with Crippen LogP contribution >= 0.6 is 0 Å². The van der Waals surface area contributed by atoms with Crippen LogP contribution in [0.2, 0.25) is 0 Å². The number of rotatable bonds is 5. The van der Waals surface area contributed by atoms with E-state index >= 15 is 0 Å². The van der Waals surface area contributed by atoms with Gasteiger partial charge in [0.2, 0.25) is 0 Å². The van der Waals surface area contributed by atoms with Gasteiger partial charge in [-0.1, -0.05) is 25.8 Å². The van der Waals surface area contributed by atoms with Crippen molar-refractivity contribution in [2.75, 3.05) is 13.7 Å². The number of amides is 1. The smallest absolute Gasteiger partial charge is 0.254 e. The Morgan fingerprint density at radius 3 is 2.86 bits per heavy atom. The van der Waals surface area contributed by atoms with Gasteiger partial charge in [0.15, 0.2) is 0 Å². The van der Waals surface area contributed by atoms with Gasteiger partial charge in [-0.15, -0.1) is 0 Å². The normalized spacial score (nSPS) is 21.9. The van der Waals surface area contributed by atoms with Gasteiger partial charge in [0.05, 0.1) is 6.61 Å².